The highest BCUT2D eigenvalue weighted by Crippen LogP contribution is 2.52. The van der Waals surface area contributed by atoms with Crippen molar-refractivity contribution >= 4 is 54.8 Å². The van der Waals surface area contributed by atoms with Gasteiger partial charge in [0, 0.05) is 31.9 Å². The van der Waals surface area contributed by atoms with E-state index in [0.29, 0.717) is 0 Å². The molecular formula is C44H32BrN3. The molecule has 4 heteroatoms. The van der Waals surface area contributed by atoms with Gasteiger partial charge in [0.2, 0.25) is 0 Å². The number of pyridine rings is 1. The second-order valence-corrected chi connectivity index (χ2v) is 13.9. The fourth-order valence-corrected chi connectivity index (χ4v) is 7.85. The molecule has 3 nitrogen and oxygen atoms in total. The number of fused-ring (bicyclic) bond motifs is 5. The predicted octanol–water partition coefficient (Wildman–Crippen LogP) is 12.4. The fraction of sp³-hybridized carbons (Fsp3) is 0.0682. The maximum absolute atomic E-state index is 5.32. The summed E-state index contributed by atoms with van der Waals surface area (Å²) in [5.41, 5.74) is 12.6. The van der Waals surface area contributed by atoms with E-state index in [-0.39, 0.29) is 5.41 Å². The molecule has 0 unspecified atom stereocenters. The highest BCUT2D eigenvalue weighted by molar-refractivity contribution is 9.10. The Morgan fingerprint density at radius 2 is 1.19 bits per heavy atom. The number of aromatic nitrogens is 2. The molecule has 0 radical (unpaired) electrons. The second-order valence-electron chi connectivity index (χ2n) is 13.0. The van der Waals surface area contributed by atoms with Gasteiger partial charge >= 0.3 is 0 Å². The number of halogens is 1. The lowest BCUT2D eigenvalue weighted by Gasteiger charge is -2.42. The molecule has 0 atom stereocenters. The summed E-state index contributed by atoms with van der Waals surface area (Å²) in [6.07, 6.45) is 0. The molecule has 8 aromatic rings. The van der Waals surface area contributed by atoms with Crippen LogP contribution in [0.1, 0.15) is 25.0 Å². The quantitative estimate of drug-likeness (QED) is 0.184. The Kier molecular flexibility index (Phi) is 6.63. The molecule has 1 aliphatic heterocycles. The molecule has 0 saturated heterocycles. The van der Waals surface area contributed by atoms with Crippen LogP contribution >= 0.6 is 15.9 Å². The first-order valence-electron chi connectivity index (χ1n) is 16.3. The molecule has 230 valence electrons. The molecule has 0 N–H and O–H groups in total. The topological polar surface area (TPSA) is 21.1 Å². The minimum atomic E-state index is -0.141. The monoisotopic (exact) mass is 681 g/mol. The maximum Gasteiger partial charge on any atom is 0.138 e. The van der Waals surface area contributed by atoms with Gasteiger partial charge in [0.05, 0.1) is 28.1 Å². The second kappa shape index (κ2) is 11.1. The zero-order valence-electron chi connectivity index (χ0n) is 26.7. The first-order valence-corrected chi connectivity index (χ1v) is 17.1. The summed E-state index contributed by atoms with van der Waals surface area (Å²) in [4.78, 5) is 7.74. The van der Waals surface area contributed by atoms with Crippen LogP contribution in [0.5, 0.6) is 0 Å². The summed E-state index contributed by atoms with van der Waals surface area (Å²) in [6.45, 7) is 4.65. The molecule has 0 fully saturated rings. The predicted molar refractivity (Wildman–Crippen MR) is 204 cm³/mol. The number of anilines is 3. The standard InChI is InChI=1S/C44H32BrN3/c1-44(2)36-18-10-12-20-41(36)47(42-23-21-32(45)27-37(42)44)33-22-24-40-35(28-33)34-17-9-11-19-39(34)48(40)43-26-31(29-13-5-3-6-14-29)25-38(46-43)30-15-7-4-8-16-30/h3-28H,1-2H3. The van der Waals surface area contributed by atoms with Gasteiger partial charge in [-0.05, 0) is 82.9 Å². The number of hydrogen-bond acceptors (Lipinski definition) is 2. The Morgan fingerprint density at radius 3 is 2.00 bits per heavy atom. The van der Waals surface area contributed by atoms with E-state index in [0.717, 1.165) is 43.8 Å². The molecule has 1 aliphatic rings. The number of rotatable bonds is 4. The lowest BCUT2D eigenvalue weighted by atomic mass is 9.73. The number of para-hydroxylation sites is 2. The molecule has 0 aliphatic carbocycles. The fourth-order valence-electron chi connectivity index (χ4n) is 7.49. The number of nitrogens with zero attached hydrogens (tertiary/aromatic N) is 3. The van der Waals surface area contributed by atoms with Crippen LogP contribution in [-0.4, -0.2) is 9.55 Å². The van der Waals surface area contributed by atoms with Crippen molar-refractivity contribution in [2.75, 3.05) is 4.90 Å². The van der Waals surface area contributed by atoms with Crippen molar-refractivity contribution in [3.05, 3.63) is 173 Å². The minimum Gasteiger partial charge on any atom is -0.310 e. The van der Waals surface area contributed by atoms with Crippen molar-refractivity contribution in [3.63, 3.8) is 0 Å². The molecule has 3 heterocycles. The van der Waals surface area contributed by atoms with Crippen LogP contribution < -0.4 is 4.90 Å². The Bertz CT molecular complexity index is 2440. The van der Waals surface area contributed by atoms with Crippen molar-refractivity contribution in [1.29, 1.82) is 0 Å². The molecule has 48 heavy (non-hydrogen) atoms. The third kappa shape index (κ3) is 4.51. The molecule has 0 bridgehead atoms. The van der Waals surface area contributed by atoms with Crippen molar-refractivity contribution in [2.24, 2.45) is 0 Å². The van der Waals surface area contributed by atoms with Crippen molar-refractivity contribution in [3.8, 4) is 28.2 Å². The summed E-state index contributed by atoms with van der Waals surface area (Å²) in [6, 6.07) is 56.5. The van der Waals surface area contributed by atoms with Crippen molar-refractivity contribution < 1.29 is 0 Å². The molecule has 2 aromatic heterocycles. The first-order chi connectivity index (χ1) is 23.5. The molecule has 0 amide bonds. The summed E-state index contributed by atoms with van der Waals surface area (Å²) < 4.78 is 3.42. The third-order valence-electron chi connectivity index (χ3n) is 9.82. The lowest BCUT2D eigenvalue weighted by Crippen LogP contribution is -2.30. The average molecular weight is 683 g/mol. The van der Waals surface area contributed by atoms with E-state index < -0.39 is 0 Å². The Hall–Kier alpha value is -5.45. The van der Waals surface area contributed by atoms with Gasteiger partial charge in [0.15, 0.2) is 0 Å². The van der Waals surface area contributed by atoms with Crippen molar-refractivity contribution in [2.45, 2.75) is 19.3 Å². The minimum absolute atomic E-state index is 0.141. The highest BCUT2D eigenvalue weighted by atomic mass is 79.9. The number of benzene rings is 6. The van der Waals surface area contributed by atoms with Crippen LogP contribution in [0, 0.1) is 0 Å². The molecule has 0 saturated carbocycles. The van der Waals surface area contributed by atoms with Crippen LogP contribution in [-0.2, 0) is 5.41 Å². The maximum atomic E-state index is 5.32. The molecule has 0 spiro atoms. The van der Waals surface area contributed by atoms with Gasteiger partial charge in [-0.25, -0.2) is 4.98 Å². The van der Waals surface area contributed by atoms with Gasteiger partial charge in [-0.15, -0.1) is 0 Å². The summed E-state index contributed by atoms with van der Waals surface area (Å²) >= 11 is 3.76. The molecule has 6 aromatic carbocycles. The summed E-state index contributed by atoms with van der Waals surface area (Å²) in [5.74, 6) is 0.898. The Morgan fingerprint density at radius 1 is 0.521 bits per heavy atom. The van der Waals surface area contributed by atoms with Crippen molar-refractivity contribution in [1.82, 2.24) is 9.55 Å². The van der Waals surface area contributed by atoms with Gasteiger partial charge in [-0.2, -0.15) is 0 Å². The van der Waals surface area contributed by atoms with Gasteiger partial charge in [-0.1, -0.05) is 127 Å². The highest BCUT2D eigenvalue weighted by Gasteiger charge is 2.37. The zero-order valence-corrected chi connectivity index (χ0v) is 28.3. The van der Waals surface area contributed by atoms with E-state index >= 15 is 0 Å². The largest absolute Gasteiger partial charge is 0.310 e. The van der Waals surface area contributed by atoms with E-state index in [1.807, 2.05) is 0 Å². The van der Waals surface area contributed by atoms with Crippen LogP contribution in [0.2, 0.25) is 0 Å². The third-order valence-corrected chi connectivity index (χ3v) is 10.3. The zero-order chi connectivity index (χ0) is 32.4. The van der Waals surface area contributed by atoms with Crippen LogP contribution in [0.4, 0.5) is 17.1 Å². The lowest BCUT2D eigenvalue weighted by molar-refractivity contribution is 0.631. The SMILES string of the molecule is CC1(C)c2ccccc2N(c2ccc3c(c2)c2ccccc2n3-c2cc(-c3ccccc3)cc(-c3ccccc3)n2)c2ccc(Br)cc21. The van der Waals surface area contributed by atoms with E-state index in [9.17, 15) is 0 Å². The van der Waals surface area contributed by atoms with E-state index in [1.165, 1.54) is 38.8 Å². The van der Waals surface area contributed by atoms with Gasteiger partial charge < -0.3 is 4.90 Å². The normalized spacial score (nSPS) is 13.4. The van der Waals surface area contributed by atoms with Gasteiger partial charge in [0.25, 0.3) is 0 Å². The average Bonchev–Trinajstić information content (AvgIpc) is 3.46. The summed E-state index contributed by atoms with van der Waals surface area (Å²) in [5, 5.41) is 2.39. The van der Waals surface area contributed by atoms with E-state index in [2.05, 4.69) is 197 Å². The number of hydrogen-bond donors (Lipinski definition) is 0. The summed E-state index contributed by atoms with van der Waals surface area (Å²) in [7, 11) is 0. The van der Waals surface area contributed by atoms with E-state index in [1.54, 1.807) is 0 Å². The van der Waals surface area contributed by atoms with Crippen LogP contribution in [0.15, 0.2) is 162 Å². The van der Waals surface area contributed by atoms with Crippen LogP contribution in [0.3, 0.4) is 0 Å². The molecular weight excluding hydrogens is 650 g/mol. The smallest absolute Gasteiger partial charge is 0.138 e. The Balaban J connectivity index is 1.29. The van der Waals surface area contributed by atoms with Crippen LogP contribution in [0.25, 0.3) is 50.0 Å². The Labute approximate surface area is 288 Å². The molecule has 9 rings (SSSR count). The van der Waals surface area contributed by atoms with Gasteiger partial charge in [0.1, 0.15) is 5.82 Å². The van der Waals surface area contributed by atoms with Gasteiger partial charge in [-0.3, -0.25) is 4.57 Å². The first kappa shape index (κ1) is 28.7. The van der Waals surface area contributed by atoms with E-state index in [4.69, 9.17) is 4.98 Å².